The van der Waals surface area contributed by atoms with E-state index in [4.69, 9.17) is 0 Å². The fraction of sp³-hybridized carbons (Fsp3) is 0.500. The second-order valence-electron chi connectivity index (χ2n) is 14.8. The third-order valence-electron chi connectivity index (χ3n) is 11.8. The van der Waals surface area contributed by atoms with Crippen LogP contribution < -0.4 is 4.40 Å². The molecule has 3 aromatic carbocycles. The molecule has 0 saturated heterocycles. The molecule has 5 aromatic rings. The minimum absolute atomic E-state index is 0.145. The minimum atomic E-state index is 0.145. The van der Waals surface area contributed by atoms with Gasteiger partial charge in [0, 0.05) is 23.3 Å². The predicted molar refractivity (Wildman–Crippen MR) is 190 cm³/mol. The van der Waals surface area contributed by atoms with Crippen LogP contribution in [0, 0.1) is 26.2 Å². The van der Waals surface area contributed by atoms with Crippen LogP contribution in [-0.4, -0.2) is 4.57 Å². The molecule has 1 fully saturated rings. The lowest BCUT2D eigenvalue weighted by atomic mass is 9.71. The zero-order valence-corrected chi connectivity index (χ0v) is 29.0. The van der Waals surface area contributed by atoms with E-state index in [2.05, 4.69) is 126 Å². The summed E-state index contributed by atoms with van der Waals surface area (Å²) in [5, 5.41) is 4.28. The highest BCUT2D eigenvalue weighted by atomic mass is 15.2. The highest BCUT2D eigenvalue weighted by molar-refractivity contribution is 6.11. The molecule has 2 aromatic heterocycles. The maximum Gasteiger partial charge on any atom is 0.295 e. The summed E-state index contributed by atoms with van der Waals surface area (Å²) in [6, 6.07) is 21.8. The quantitative estimate of drug-likeness (QED) is 0.126. The zero-order valence-electron chi connectivity index (χ0n) is 29.0. The molecule has 0 spiro atoms. The van der Waals surface area contributed by atoms with E-state index in [1.54, 1.807) is 0 Å². The molecule has 0 aliphatic heterocycles. The maximum atomic E-state index is 2.67. The van der Waals surface area contributed by atoms with E-state index < -0.39 is 0 Å². The van der Waals surface area contributed by atoms with Gasteiger partial charge in [0.1, 0.15) is 11.2 Å². The van der Waals surface area contributed by atoms with E-state index >= 15 is 0 Å². The van der Waals surface area contributed by atoms with Crippen LogP contribution in [0.2, 0.25) is 0 Å². The molecule has 2 heteroatoms. The van der Waals surface area contributed by atoms with Crippen molar-refractivity contribution in [1.29, 1.82) is 0 Å². The lowest BCUT2D eigenvalue weighted by molar-refractivity contribution is -0.467. The van der Waals surface area contributed by atoms with Gasteiger partial charge in [0.2, 0.25) is 0 Å². The smallest absolute Gasteiger partial charge is 0.224 e. The van der Waals surface area contributed by atoms with Gasteiger partial charge in [-0.3, -0.25) is 0 Å². The number of hydrogen-bond donors (Lipinski definition) is 0. The summed E-state index contributed by atoms with van der Waals surface area (Å²) in [5.41, 5.74) is 13.0. The minimum Gasteiger partial charge on any atom is -0.224 e. The number of fused-ring (bicyclic) bond motifs is 6. The number of imidazole rings is 1. The van der Waals surface area contributed by atoms with Crippen molar-refractivity contribution in [2.24, 2.45) is 5.41 Å². The molecule has 2 nitrogen and oxygen atoms in total. The van der Waals surface area contributed by atoms with E-state index in [9.17, 15) is 0 Å². The first-order valence-corrected chi connectivity index (χ1v) is 17.6. The fourth-order valence-corrected chi connectivity index (χ4v) is 9.19. The monoisotopic (exact) mass is 587 g/mol. The van der Waals surface area contributed by atoms with Crippen molar-refractivity contribution < 1.29 is 4.40 Å². The number of nitrogens with zero attached hydrogens (tertiary/aromatic N) is 2. The standard InChI is InChI=1S/C42H55N2/c1-10-42(11-2,12-3)35-21-17-20-33-34-26-32(27-41(9)24-14-13-15-25-41)22-23-36(34)44-39(37-29(6)18-16-19-30(37)7)31(8)43(28(4)5)40(44)38(33)35/h16-23,26,28H,10-15,24-25,27H2,1-9H3/q+1. The molecule has 0 atom stereocenters. The van der Waals surface area contributed by atoms with Crippen molar-refractivity contribution in [3.8, 4) is 11.3 Å². The summed E-state index contributed by atoms with van der Waals surface area (Å²) >= 11 is 0. The van der Waals surface area contributed by atoms with E-state index in [0.29, 0.717) is 11.5 Å². The number of aromatic nitrogens is 2. The molecule has 6 rings (SSSR count). The molecule has 1 aliphatic carbocycles. The zero-order chi connectivity index (χ0) is 31.4. The van der Waals surface area contributed by atoms with Crippen LogP contribution in [0.4, 0.5) is 0 Å². The van der Waals surface area contributed by atoms with E-state index in [1.165, 1.54) is 105 Å². The molecule has 2 heterocycles. The number of benzene rings is 3. The van der Waals surface area contributed by atoms with Gasteiger partial charge in [-0.25, -0.2) is 4.57 Å². The van der Waals surface area contributed by atoms with Crippen molar-refractivity contribution in [3.63, 3.8) is 0 Å². The Labute approximate surface area is 266 Å². The van der Waals surface area contributed by atoms with Crippen LogP contribution in [-0.2, 0) is 11.8 Å². The molecular formula is C42H55N2+. The Balaban J connectivity index is 1.83. The molecule has 0 bridgehead atoms. The van der Waals surface area contributed by atoms with Crippen LogP contribution in [0.3, 0.4) is 0 Å². The summed E-state index contributed by atoms with van der Waals surface area (Å²) < 4.78 is 5.32. The Morgan fingerprint density at radius 1 is 0.818 bits per heavy atom. The second kappa shape index (κ2) is 11.7. The number of rotatable bonds is 8. The van der Waals surface area contributed by atoms with E-state index in [-0.39, 0.29) is 5.41 Å². The van der Waals surface area contributed by atoms with Crippen molar-refractivity contribution in [3.05, 3.63) is 82.5 Å². The number of hydrogen-bond acceptors (Lipinski definition) is 0. The van der Waals surface area contributed by atoms with Gasteiger partial charge in [0.15, 0.2) is 5.69 Å². The van der Waals surface area contributed by atoms with Gasteiger partial charge in [0.25, 0.3) is 5.65 Å². The van der Waals surface area contributed by atoms with Crippen LogP contribution in [0.1, 0.15) is 127 Å². The van der Waals surface area contributed by atoms with Gasteiger partial charge in [-0.2, -0.15) is 4.40 Å². The van der Waals surface area contributed by atoms with Gasteiger partial charge >= 0.3 is 0 Å². The maximum absolute atomic E-state index is 2.67. The van der Waals surface area contributed by atoms with Crippen LogP contribution >= 0.6 is 0 Å². The van der Waals surface area contributed by atoms with Crippen molar-refractivity contribution in [2.45, 2.75) is 132 Å². The Hall–Kier alpha value is -3.13. The first-order chi connectivity index (χ1) is 21.1. The summed E-state index contributed by atoms with van der Waals surface area (Å²) in [7, 11) is 0. The van der Waals surface area contributed by atoms with Crippen molar-refractivity contribution >= 4 is 27.3 Å². The molecule has 0 unspecified atom stereocenters. The Kier molecular flexibility index (Phi) is 8.18. The molecule has 232 valence electrons. The summed E-state index contributed by atoms with van der Waals surface area (Å²) in [6.45, 7) is 21.4. The van der Waals surface area contributed by atoms with Gasteiger partial charge in [-0.15, -0.1) is 0 Å². The topological polar surface area (TPSA) is 9.03 Å². The molecule has 0 amide bonds. The van der Waals surface area contributed by atoms with E-state index in [0.717, 1.165) is 19.3 Å². The number of pyridine rings is 1. The van der Waals surface area contributed by atoms with Crippen molar-refractivity contribution in [2.75, 3.05) is 0 Å². The first kappa shape index (κ1) is 30.9. The predicted octanol–water partition coefficient (Wildman–Crippen LogP) is 11.7. The van der Waals surface area contributed by atoms with Gasteiger partial charge in [-0.05, 0) is 111 Å². The van der Waals surface area contributed by atoms with Gasteiger partial charge in [-0.1, -0.05) is 89.4 Å². The highest BCUT2D eigenvalue weighted by Crippen LogP contribution is 2.44. The normalized spacial score (nSPS) is 15.7. The summed E-state index contributed by atoms with van der Waals surface area (Å²) in [4.78, 5) is 0. The van der Waals surface area contributed by atoms with Gasteiger partial charge < -0.3 is 0 Å². The average Bonchev–Trinajstić information content (AvgIpc) is 3.31. The Morgan fingerprint density at radius 3 is 2.07 bits per heavy atom. The molecule has 44 heavy (non-hydrogen) atoms. The fourth-order valence-electron chi connectivity index (χ4n) is 9.19. The van der Waals surface area contributed by atoms with Crippen LogP contribution in [0.25, 0.3) is 38.6 Å². The molecule has 1 saturated carbocycles. The van der Waals surface area contributed by atoms with Gasteiger partial charge in [0.05, 0.1) is 11.4 Å². The lowest BCUT2D eigenvalue weighted by Crippen LogP contribution is -2.29. The highest BCUT2D eigenvalue weighted by Gasteiger charge is 2.36. The third-order valence-corrected chi connectivity index (χ3v) is 11.8. The molecular weight excluding hydrogens is 532 g/mol. The number of aryl methyl sites for hydroxylation is 2. The average molecular weight is 588 g/mol. The summed E-state index contributed by atoms with van der Waals surface area (Å²) in [6.07, 6.45) is 11.5. The molecule has 0 N–H and O–H groups in total. The first-order valence-electron chi connectivity index (χ1n) is 17.6. The largest absolute Gasteiger partial charge is 0.295 e. The third kappa shape index (κ3) is 4.79. The SMILES string of the molecule is CCC(CC)(CC)c1cccc2c3cc(CC4(C)CCCCC4)ccc3[n+]3c(-c4c(C)cccc4C)c(C)n(C(C)C)c3c12. The van der Waals surface area contributed by atoms with E-state index in [1.807, 2.05) is 0 Å². The Bertz CT molecular complexity index is 1810. The van der Waals surface area contributed by atoms with Crippen LogP contribution in [0.15, 0.2) is 54.6 Å². The molecule has 0 radical (unpaired) electrons. The second-order valence-corrected chi connectivity index (χ2v) is 14.8. The molecule has 1 aliphatic rings. The van der Waals surface area contributed by atoms with Crippen LogP contribution in [0.5, 0.6) is 0 Å². The van der Waals surface area contributed by atoms with Crippen molar-refractivity contribution in [1.82, 2.24) is 4.57 Å². The summed E-state index contributed by atoms with van der Waals surface area (Å²) in [5.74, 6) is 0. The Morgan fingerprint density at radius 2 is 1.45 bits per heavy atom. The lowest BCUT2D eigenvalue weighted by Gasteiger charge is -2.34.